The molecule has 36 heavy (non-hydrogen) atoms. The summed E-state index contributed by atoms with van der Waals surface area (Å²) in [5, 5.41) is 23.1. The Morgan fingerprint density at radius 3 is 2.50 bits per heavy atom. The SMILES string of the molecule is N=C(N)c1cc(-n2nc(C(F)(F)F)cc2C(=O)Nc2ccc(-n3ccnc3CN)cc2F)ccc1O. The number of amidine groups is 1. The Hall–Kier alpha value is -4.72. The fourth-order valence-corrected chi connectivity index (χ4v) is 3.41. The molecule has 0 saturated heterocycles. The molecule has 0 fully saturated rings. The minimum atomic E-state index is -4.89. The lowest BCUT2D eigenvalue weighted by Gasteiger charge is -2.12. The number of phenolic OH excluding ortho intramolecular Hbond substituents is 1. The van der Waals surface area contributed by atoms with Crippen LogP contribution in [0, 0.1) is 11.2 Å². The number of hydrogen-bond donors (Lipinski definition) is 5. The molecule has 0 radical (unpaired) electrons. The lowest BCUT2D eigenvalue weighted by Crippen LogP contribution is -2.18. The average Bonchev–Trinajstić information content (AvgIpc) is 3.48. The number of anilines is 1. The molecule has 7 N–H and O–H groups in total. The second kappa shape index (κ2) is 9.14. The third-order valence-electron chi connectivity index (χ3n) is 5.13. The number of nitrogens with one attached hydrogen (secondary N) is 2. The van der Waals surface area contributed by atoms with Crippen LogP contribution in [-0.4, -0.2) is 36.2 Å². The molecule has 1 amide bonds. The molecule has 0 bridgehead atoms. The van der Waals surface area contributed by atoms with Gasteiger partial charge in [-0.25, -0.2) is 14.1 Å². The Kier molecular flexibility index (Phi) is 6.20. The van der Waals surface area contributed by atoms with Crippen molar-refractivity contribution in [1.82, 2.24) is 19.3 Å². The van der Waals surface area contributed by atoms with Crippen LogP contribution in [0.25, 0.3) is 11.4 Å². The maximum absolute atomic E-state index is 14.8. The predicted octanol–water partition coefficient (Wildman–Crippen LogP) is 2.92. The Morgan fingerprint density at radius 2 is 1.86 bits per heavy atom. The second-order valence-corrected chi connectivity index (χ2v) is 7.48. The molecule has 14 heteroatoms. The lowest BCUT2D eigenvalue weighted by molar-refractivity contribution is -0.141. The van der Waals surface area contributed by atoms with Crippen LogP contribution in [0.5, 0.6) is 5.75 Å². The molecule has 0 aliphatic rings. The summed E-state index contributed by atoms with van der Waals surface area (Å²) in [6.45, 7) is 0.0985. The van der Waals surface area contributed by atoms with Crippen molar-refractivity contribution in [2.24, 2.45) is 11.5 Å². The fraction of sp³-hybridized carbons (Fsp3) is 0.0909. The first kappa shape index (κ1) is 24.4. The highest BCUT2D eigenvalue weighted by Gasteiger charge is 2.36. The smallest absolute Gasteiger partial charge is 0.435 e. The van der Waals surface area contributed by atoms with Crippen molar-refractivity contribution in [3.8, 4) is 17.1 Å². The fourth-order valence-electron chi connectivity index (χ4n) is 3.41. The van der Waals surface area contributed by atoms with Gasteiger partial charge in [0.05, 0.1) is 23.5 Å². The summed E-state index contributed by atoms with van der Waals surface area (Å²) < 4.78 is 57.2. The van der Waals surface area contributed by atoms with Gasteiger partial charge in [0, 0.05) is 30.2 Å². The van der Waals surface area contributed by atoms with Crippen molar-refractivity contribution >= 4 is 17.4 Å². The van der Waals surface area contributed by atoms with E-state index in [1.54, 1.807) is 6.20 Å². The van der Waals surface area contributed by atoms with Gasteiger partial charge < -0.3 is 26.5 Å². The first-order valence-electron chi connectivity index (χ1n) is 10.2. The Labute approximate surface area is 200 Å². The molecule has 10 nitrogen and oxygen atoms in total. The third-order valence-corrected chi connectivity index (χ3v) is 5.13. The minimum Gasteiger partial charge on any atom is -0.507 e. The number of hydrogen-bond acceptors (Lipinski definition) is 6. The van der Waals surface area contributed by atoms with E-state index >= 15 is 0 Å². The summed E-state index contributed by atoms with van der Waals surface area (Å²) in [6, 6.07) is 7.68. The van der Waals surface area contributed by atoms with Crippen molar-refractivity contribution < 1.29 is 27.5 Å². The van der Waals surface area contributed by atoms with Gasteiger partial charge in [-0.2, -0.15) is 18.3 Å². The topological polar surface area (TPSA) is 161 Å². The molecule has 0 saturated carbocycles. The van der Waals surface area contributed by atoms with Gasteiger partial charge in [0.2, 0.25) is 0 Å². The standard InChI is InChI=1S/C22H18F4N8O2/c23-14-8-11(33-6-5-30-19(33)10-27)1-3-15(14)31-21(36)16-9-18(22(24,25)26)32-34(16)12-2-4-17(35)13(7-12)20(28)29/h1-9,35H,10,27H2,(H3,28,29)(H,31,36). The van der Waals surface area contributed by atoms with Gasteiger partial charge >= 0.3 is 6.18 Å². The number of imidazole rings is 1. The zero-order valence-electron chi connectivity index (χ0n) is 18.2. The first-order chi connectivity index (χ1) is 17.0. The zero-order valence-corrected chi connectivity index (χ0v) is 18.2. The normalized spacial score (nSPS) is 11.5. The molecule has 2 aromatic carbocycles. The van der Waals surface area contributed by atoms with Crippen molar-refractivity contribution in [2.45, 2.75) is 12.7 Å². The van der Waals surface area contributed by atoms with Crippen LogP contribution in [0.2, 0.25) is 0 Å². The van der Waals surface area contributed by atoms with E-state index in [9.17, 15) is 27.5 Å². The molecule has 4 rings (SSSR count). The second-order valence-electron chi connectivity index (χ2n) is 7.48. The number of nitrogens with two attached hydrogens (primary N) is 2. The van der Waals surface area contributed by atoms with Gasteiger partial charge in [-0.3, -0.25) is 10.2 Å². The van der Waals surface area contributed by atoms with Gasteiger partial charge in [-0.1, -0.05) is 0 Å². The molecular weight excluding hydrogens is 484 g/mol. The number of phenols is 1. The van der Waals surface area contributed by atoms with Gasteiger partial charge in [0.25, 0.3) is 5.91 Å². The van der Waals surface area contributed by atoms with Crippen LogP contribution in [0.15, 0.2) is 54.9 Å². The maximum Gasteiger partial charge on any atom is 0.435 e. The van der Waals surface area contributed by atoms with E-state index in [1.807, 2.05) is 0 Å². The monoisotopic (exact) mass is 502 g/mol. The summed E-state index contributed by atoms with van der Waals surface area (Å²) in [5.74, 6) is -2.43. The minimum absolute atomic E-state index is 0.0936. The first-order valence-corrected chi connectivity index (χ1v) is 10.2. The van der Waals surface area contributed by atoms with Crippen LogP contribution in [0.1, 0.15) is 27.6 Å². The number of aromatic hydroxyl groups is 1. The summed E-state index contributed by atoms with van der Waals surface area (Å²) in [4.78, 5) is 17.0. The quantitative estimate of drug-likeness (QED) is 0.155. The highest BCUT2D eigenvalue weighted by Crippen LogP contribution is 2.31. The molecule has 186 valence electrons. The average molecular weight is 502 g/mol. The molecule has 0 aliphatic heterocycles. The van der Waals surface area contributed by atoms with Crippen LogP contribution < -0.4 is 16.8 Å². The predicted molar refractivity (Wildman–Crippen MR) is 121 cm³/mol. The molecule has 0 unspecified atom stereocenters. The summed E-state index contributed by atoms with van der Waals surface area (Å²) in [6.07, 6.45) is -1.84. The van der Waals surface area contributed by atoms with E-state index < -0.39 is 40.9 Å². The number of carbonyl (C=O) groups excluding carboxylic acids is 1. The summed E-state index contributed by atoms with van der Waals surface area (Å²) in [5.41, 5.74) is 8.84. The number of nitrogen functional groups attached to an aromatic ring is 1. The molecular formula is C22H18F4N8O2. The number of nitrogens with zero attached hydrogens (tertiary/aromatic N) is 4. The van der Waals surface area contributed by atoms with Crippen molar-refractivity contribution in [1.29, 1.82) is 5.41 Å². The van der Waals surface area contributed by atoms with Crippen LogP contribution >= 0.6 is 0 Å². The van der Waals surface area contributed by atoms with E-state index in [2.05, 4.69) is 15.4 Å². The number of benzene rings is 2. The van der Waals surface area contributed by atoms with E-state index in [4.69, 9.17) is 16.9 Å². The molecule has 2 aromatic heterocycles. The van der Waals surface area contributed by atoms with Crippen LogP contribution in [0.3, 0.4) is 0 Å². The van der Waals surface area contributed by atoms with Crippen molar-refractivity contribution in [3.63, 3.8) is 0 Å². The Balaban J connectivity index is 1.71. The van der Waals surface area contributed by atoms with E-state index in [1.165, 1.54) is 29.0 Å². The number of rotatable bonds is 6. The van der Waals surface area contributed by atoms with Gasteiger partial charge in [0.1, 0.15) is 28.9 Å². The lowest BCUT2D eigenvalue weighted by atomic mass is 10.1. The van der Waals surface area contributed by atoms with Crippen LogP contribution in [0.4, 0.5) is 23.2 Å². The molecule has 4 aromatic rings. The number of carbonyl (C=O) groups is 1. The highest BCUT2D eigenvalue weighted by molar-refractivity contribution is 6.04. The molecule has 0 aliphatic carbocycles. The highest BCUT2D eigenvalue weighted by atomic mass is 19.4. The van der Waals surface area contributed by atoms with Gasteiger partial charge in [-0.15, -0.1) is 0 Å². The van der Waals surface area contributed by atoms with Crippen LogP contribution in [-0.2, 0) is 12.7 Å². The molecule has 0 spiro atoms. The number of alkyl halides is 3. The third kappa shape index (κ3) is 4.61. The zero-order chi connectivity index (χ0) is 26.2. The number of aromatic nitrogens is 4. The molecule has 2 heterocycles. The maximum atomic E-state index is 14.8. The molecule has 0 atom stereocenters. The number of amides is 1. The number of halogens is 4. The van der Waals surface area contributed by atoms with E-state index in [0.29, 0.717) is 22.3 Å². The largest absolute Gasteiger partial charge is 0.507 e. The Bertz CT molecular complexity index is 1480. The van der Waals surface area contributed by atoms with Crippen molar-refractivity contribution in [2.75, 3.05) is 5.32 Å². The Morgan fingerprint density at radius 1 is 1.14 bits per heavy atom. The summed E-state index contributed by atoms with van der Waals surface area (Å²) in [7, 11) is 0. The van der Waals surface area contributed by atoms with Crippen molar-refractivity contribution in [3.05, 3.63) is 83.5 Å². The van der Waals surface area contributed by atoms with Gasteiger partial charge in [-0.05, 0) is 30.3 Å². The summed E-state index contributed by atoms with van der Waals surface area (Å²) >= 11 is 0. The van der Waals surface area contributed by atoms with E-state index in [0.717, 1.165) is 18.2 Å². The van der Waals surface area contributed by atoms with Gasteiger partial charge in [0.15, 0.2) is 5.69 Å². The van der Waals surface area contributed by atoms with E-state index in [-0.39, 0.29) is 23.5 Å².